The van der Waals surface area contributed by atoms with Gasteiger partial charge in [-0.25, -0.2) is 0 Å². The molecule has 3 aromatic rings. The molecule has 0 aliphatic heterocycles. The smallest absolute Gasteiger partial charge is 0.0577 e. The largest absolute Gasteiger partial charge is 0.307 e. The van der Waals surface area contributed by atoms with Gasteiger partial charge >= 0.3 is 0 Å². The quantitative estimate of drug-likeness (QED) is 0.770. The topological polar surface area (TPSA) is 24.9 Å². The fraction of sp³-hybridized carbons (Fsp3) is 0.167. The van der Waals surface area contributed by atoms with Crippen molar-refractivity contribution in [3.63, 3.8) is 0 Å². The molecule has 2 heteroatoms. The van der Waals surface area contributed by atoms with E-state index in [9.17, 15) is 0 Å². The van der Waals surface area contributed by atoms with Crippen LogP contribution in [-0.2, 0) is 0 Å². The Morgan fingerprint density at radius 2 is 1.65 bits per heavy atom. The van der Waals surface area contributed by atoms with Crippen molar-refractivity contribution >= 4 is 10.8 Å². The Labute approximate surface area is 119 Å². The molecule has 3 rings (SSSR count). The van der Waals surface area contributed by atoms with E-state index >= 15 is 0 Å². The first-order valence-corrected chi connectivity index (χ1v) is 7.00. The summed E-state index contributed by atoms with van der Waals surface area (Å²) < 4.78 is 0. The average Bonchev–Trinajstić information content (AvgIpc) is 2.53. The van der Waals surface area contributed by atoms with Crippen molar-refractivity contribution in [1.29, 1.82) is 0 Å². The van der Waals surface area contributed by atoms with Gasteiger partial charge in [-0.05, 0) is 46.6 Å². The van der Waals surface area contributed by atoms with E-state index in [0.717, 1.165) is 6.54 Å². The molecule has 1 heterocycles. The van der Waals surface area contributed by atoms with E-state index < -0.39 is 0 Å². The van der Waals surface area contributed by atoms with E-state index in [1.54, 1.807) is 0 Å². The predicted octanol–water partition coefficient (Wildman–Crippen LogP) is 3.93. The Balaban J connectivity index is 2.05. The second-order valence-electron chi connectivity index (χ2n) is 4.88. The fourth-order valence-corrected chi connectivity index (χ4v) is 2.58. The van der Waals surface area contributed by atoms with Crippen LogP contribution >= 0.6 is 0 Å². The number of rotatable bonds is 4. The van der Waals surface area contributed by atoms with Crippen LogP contribution in [0.25, 0.3) is 10.8 Å². The van der Waals surface area contributed by atoms with Crippen LogP contribution in [0.2, 0.25) is 0 Å². The lowest BCUT2D eigenvalue weighted by Gasteiger charge is -2.19. The molecule has 2 nitrogen and oxygen atoms in total. The highest BCUT2D eigenvalue weighted by atomic mass is 14.9. The second-order valence-corrected chi connectivity index (χ2v) is 4.88. The van der Waals surface area contributed by atoms with Crippen LogP contribution in [0.5, 0.6) is 0 Å². The first-order chi connectivity index (χ1) is 9.88. The van der Waals surface area contributed by atoms with Gasteiger partial charge in [-0.3, -0.25) is 4.98 Å². The number of nitrogens with zero attached hydrogens (tertiary/aromatic N) is 1. The Kier molecular flexibility index (Phi) is 3.75. The van der Waals surface area contributed by atoms with E-state index in [1.807, 2.05) is 12.4 Å². The lowest BCUT2D eigenvalue weighted by Crippen LogP contribution is -2.21. The third-order valence-corrected chi connectivity index (χ3v) is 3.55. The van der Waals surface area contributed by atoms with Crippen LogP contribution in [0, 0.1) is 0 Å². The lowest BCUT2D eigenvalue weighted by molar-refractivity contribution is 0.630. The minimum absolute atomic E-state index is 0.215. The minimum Gasteiger partial charge on any atom is -0.307 e. The highest BCUT2D eigenvalue weighted by Gasteiger charge is 2.12. The molecule has 2 aromatic carbocycles. The summed E-state index contributed by atoms with van der Waals surface area (Å²) in [6, 6.07) is 19.5. The standard InChI is InChI=1S/C18H18N2/c1-2-20-18(15-9-11-19-12-10-15)17-8-7-14-5-3-4-6-16(14)13-17/h3-13,18,20H,2H2,1H3. The highest BCUT2D eigenvalue weighted by molar-refractivity contribution is 5.83. The second kappa shape index (κ2) is 5.85. The molecule has 0 radical (unpaired) electrons. The predicted molar refractivity (Wildman–Crippen MR) is 83.7 cm³/mol. The van der Waals surface area contributed by atoms with Crippen LogP contribution in [0.4, 0.5) is 0 Å². The maximum Gasteiger partial charge on any atom is 0.0577 e. The molecule has 0 fully saturated rings. The summed E-state index contributed by atoms with van der Waals surface area (Å²) in [6.45, 7) is 3.06. The maximum absolute atomic E-state index is 4.10. The molecule has 1 atom stereocenters. The molecule has 0 aliphatic rings. The van der Waals surface area contributed by atoms with Gasteiger partial charge in [0.15, 0.2) is 0 Å². The first kappa shape index (κ1) is 12.8. The van der Waals surface area contributed by atoms with Crippen molar-refractivity contribution in [2.75, 3.05) is 6.54 Å². The summed E-state index contributed by atoms with van der Waals surface area (Å²) in [5, 5.41) is 6.11. The van der Waals surface area contributed by atoms with E-state index in [0.29, 0.717) is 0 Å². The van der Waals surface area contributed by atoms with Crippen LogP contribution in [0.1, 0.15) is 24.1 Å². The van der Waals surface area contributed by atoms with Crippen LogP contribution < -0.4 is 5.32 Å². The Morgan fingerprint density at radius 3 is 2.40 bits per heavy atom. The summed E-state index contributed by atoms with van der Waals surface area (Å²) in [4.78, 5) is 4.10. The van der Waals surface area contributed by atoms with Crippen LogP contribution in [0.15, 0.2) is 67.0 Å². The maximum atomic E-state index is 4.10. The normalized spacial score (nSPS) is 12.4. The fourth-order valence-electron chi connectivity index (χ4n) is 2.58. The van der Waals surface area contributed by atoms with Gasteiger partial charge in [-0.1, -0.05) is 43.3 Å². The molecular weight excluding hydrogens is 244 g/mol. The van der Waals surface area contributed by atoms with Gasteiger partial charge in [0.1, 0.15) is 0 Å². The zero-order chi connectivity index (χ0) is 13.8. The highest BCUT2D eigenvalue weighted by Crippen LogP contribution is 2.25. The van der Waals surface area contributed by atoms with E-state index in [2.05, 4.69) is 71.8 Å². The van der Waals surface area contributed by atoms with Gasteiger partial charge in [-0.15, -0.1) is 0 Å². The Hall–Kier alpha value is -2.19. The summed E-state index contributed by atoms with van der Waals surface area (Å²) >= 11 is 0. The van der Waals surface area contributed by atoms with Crippen molar-refractivity contribution in [3.8, 4) is 0 Å². The van der Waals surface area contributed by atoms with Crippen molar-refractivity contribution in [2.45, 2.75) is 13.0 Å². The molecule has 0 amide bonds. The summed E-state index contributed by atoms with van der Waals surface area (Å²) in [7, 11) is 0. The molecule has 1 N–H and O–H groups in total. The zero-order valence-corrected chi connectivity index (χ0v) is 11.6. The van der Waals surface area contributed by atoms with E-state index in [4.69, 9.17) is 0 Å². The van der Waals surface area contributed by atoms with Crippen molar-refractivity contribution in [2.24, 2.45) is 0 Å². The molecule has 0 spiro atoms. The van der Waals surface area contributed by atoms with E-state index in [1.165, 1.54) is 21.9 Å². The third kappa shape index (κ3) is 2.56. The number of fused-ring (bicyclic) bond motifs is 1. The van der Waals surface area contributed by atoms with Gasteiger partial charge in [0.05, 0.1) is 6.04 Å². The monoisotopic (exact) mass is 262 g/mol. The molecule has 1 unspecified atom stereocenters. The number of pyridine rings is 1. The van der Waals surface area contributed by atoms with Gasteiger partial charge < -0.3 is 5.32 Å². The Bertz CT molecular complexity index is 692. The number of hydrogen-bond acceptors (Lipinski definition) is 2. The molecular formula is C18H18N2. The molecule has 0 bridgehead atoms. The first-order valence-electron chi connectivity index (χ1n) is 7.00. The van der Waals surface area contributed by atoms with Crippen molar-refractivity contribution in [3.05, 3.63) is 78.1 Å². The molecule has 0 saturated carbocycles. The molecule has 0 saturated heterocycles. The van der Waals surface area contributed by atoms with Gasteiger partial charge in [0, 0.05) is 12.4 Å². The number of benzene rings is 2. The SMILES string of the molecule is CCNC(c1ccncc1)c1ccc2ccccc2c1. The van der Waals surface area contributed by atoms with Crippen LogP contribution in [0.3, 0.4) is 0 Å². The van der Waals surface area contributed by atoms with Crippen molar-refractivity contribution < 1.29 is 0 Å². The zero-order valence-electron chi connectivity index (χ0n) is 11.6. The van der Waals surface area contributed by atoms with Gasteiger partial charge in [0.2, 0.25) is 0 Å². The van der Waals surface area contributed by atoms with Crippen molar-refractivity contribution in [1.82, 2.24) is 10.3 Å². The molecule has 20 heavy (non-hydrogen) atoms. The molecule has 0 aliphatic carbocycles. The van der Waals surface area contributed by atoms with Gasteiger partial charge in [-0.2, -0.15) is 0 Å². The summed E-state index contributed by atoms with van der Waals surface area (Å²) in [5.41, 5.74) is 2.54. The number of nitrogens with one attached hydrogen (secondary N) is 1. The molecule has 100 valence electrons. The summed E-state index contributed by atoms with van der Waals surface area (Å²) in [5.74, 6) is 0. The van der Waals surface area contributed by atoms with Gasteiger partial charge in [0.25, 0.3) is 0 Å². The third-order valence-electron chi connectivity index (χ3n) is 3.55. The lowest BCUT2D eigenvalue weighted by atomic mass is 9.97. The summed E-state index contributed by atoms with van der Waals surface area (Å²) in [6.07, 6.45) is 3.70. The Morgan fingerprint density at radius 1 is 0.900 bits per heavy atom. The average molecular weight is 262 g/mol. The number of hydrogen-bond donors (Lipinski definition) is 1. The molecule has 1 aromatic heterocycles. The van der Waals surface area contributed by atoms with E-state index in [-0.39, 0.29) is 6.04 Å². The number of aromatic nitrogens is 1. The minimum atomic E-state index is 0.215. The van der Waals surface area contributed by atoms with Crippen LogP contribution in [-0.4, -0.2) is 11.5 Å².